The fraction of sp³-hybridized carbons (Fsp3) is 0.133. The lowest BCUT2D eigenvalue weighted by Crippen LogP contribution is -2.34. The molecule has 0 saturated carbocycles. The highest BCUT2D eigenvalue weighted by Gasteiger charge is 2.21. The Labute approximate surface area is 124 Å². The Balaban J connectivity index is 2.19. The van der Waals surface area contributed by atoms with Crippen molar-refractivity contribution in [3.63, 3.8) is 0 Å². The number of thiophene rings is 1. The van der Waals surface area contributed by atoms with E-state index < -0.39 is 12.1 Å². The molecule has 0 bridgehead atoms. The normalized spacial score (nSPS) is 12.7. The molecule has 1 atom stereocenters. The molecule has 108 valence electrons. The van der Waals surface area contributed by atoms with Gasteiger partial charge in [-0.05, 0) is 25.1 Å². The first-order chi connectivity index (χ1) is 9.99. The second-order valence-electron chi connectivity index (χ2n) is 4.86. The Bertz CT molecular complexity index is 843. The minimum atomic E-state index is -0.960. The van der Waals surface area contributed by atoms with Crippen LogP contribution in [-0.4, -0.2) is 21.4 Å². The van der Waals surface area contributed by atoms with E-state index >= 15 is 0 Å². The number of fused-ring (bicyclic) bond motifs is 3. The second kappa shape index (κ2) is 4.91. The highest BCUT2D eigenvalue weighted by atomic mass is 32.1. The van der Waals surface area contributed by atoms with E-state index in [1.165, 1.54) is 0 Å². The van der Waals surface area contributed by atoms with Crippen molar-refractivity contribution in [1.29, 1.82) is 0 Å². The number of primary amides is 1. The van der Waals surface area contributed by atoms with Gasteiger partial charge >= 0.3 is 6.03 Å². The fourth-order valence-electron chi connectivity index (χ4n) is 2.43. The number of phenolic OH excluding ortho intramolecular Hbond substituents is 1. The summed E-state index contributed by atoms with van der Waals surface area (Å²) in [5.74, 6) is 0.0267. The number of urea groups is 1. The summed E-state index contributed by atoms with van der Waals surface area (Å²) in [6, 6.07) is 9.69. The Morgan fingerprint density at radius 1 is 1.24 bits per heavy atom. The van der Waals surface area contributed by atoms with E-state index in [0.717, 1.165) is 20.2 Å². The average molecular weight is 302 g/mol. The minimum Gasteiger partial charge on any atom is -0.508 e. The van der Waals surface area contributed by atoms with Gasteiger partial charge in [0.1, 0.15) is 5.75 Å². The summed E-state index contributed by atoms with van der Waals surface area (Å²) in [7, 11) is 0. The highest BCUT2D eigenvalue weighted by molar-refractivity contribution is 7.25. The summed E-state index contributed by atoms with van der Waals surface area (Å²) in [5, 5.41) is 22.3. The van der Waals surface area contributed by atoms with Crippen molar-refractivity contribution in [3.05, 3.63) is 42.0 Å². The molecule has 0 aliphatic rings. The lowest BCUT2D eigenvalue weighted by Gasteiger charge is -2.21. The molecule has 1 aromatic heterocycles. The van der Waals surface area contributed by atoms with Crippen molar-refractivity contribution in [3.8, 4) is 5.75 Å². The summed E-state index contributed by atoms with van der Waals surface area (Å²) in [4.78, 5) is 11.0. The molecule has 4 N–H and O–H groups in total. The number of phenols is 1. The van der Waals surface area contributed by atoms with E-state index in [9.17, 15) is 15.1 Å². The predicted octanol–water partition coefficient (Wildman–Crippen LogP) is 3.59. The maximum Gasteiger partial charge on any atom is 0.339 e. The van der Waals surface area contributed by atoms with Crippen LogP contribution in [0.2, 0.25) is 0 Å². The summed E-state index contributed by atoms with van der Waals surface area (Å²) in [5.41, 5.74) is 5.51. The summed E-state index contributed by atoms with van der Waals surface area (Å²) >= 11 is 1.59. The Morgan fingerprint density at radius 2 is 1.95 bits per heavy atom. The number of rotatable bonds is 2. The van der Waals surface area contributed by atoms with Gasteiger partial charge in [-0.3, -0.25) is 5.21 Å². The lowest BCUT2D eigenvalue weighted by molar-refractivity contribution is -0.0714. The zero-order valence-electron chi connectivity index (χ0n) is 11.3. The highest BCUT2D eigenvalue weighted by Crippen LogP contribution is 2.39. The van der Waals surface area contributed by atoms with E-state index in [1.54, 1.807) is 30.4 Å². The van der Waals surface area contributed by atoms with Crippen LogP contribution in [0.1, 0.15) is 18.5 Å². The summed E-state index contributed by atoms with van der Waals surface area (Å²) in [6.07, 6.45) is 0. The summed E-state index contributed by atoms with van der Waals surface area (Å²) in [6.45, 7) is 1.60. The molecule has 3 rings (SSSR count). The maximum atomic E-state index is 11.0. The molecule has 0 aliphatic heterocycles. The Kier molecular flexibility index (Phi) is 3.19. The standard InChI is InChI=1S/C15H14N2O3S/c1-8(17(20)15(16)19)10-7-14-11(6-12(10)18)9-4-2-3-5-13(9)21-14/h2-8,18,20H,1H3,(H2,16,19). The number of hydroxylamine groups is 2. The molecular formula is C15H14N2O3S. The van der Waals surface area contributed by atoms with Crippen molar-refractivity contribution >= 4 is 37.5 Å². The van der Waals surface area contributed by atoms with Crippen LogP contribution in [0.4, 0.5) is 4.79 Å². The monoisotopic (exact) mass is 302 g/mol. The third-order valence-corrected chi connectivity index (χ3v) is 4.70. The number of aromatic hydroxyl groups is 1. The summed E-state index contributed by atoms with van der Waals surface area (Å²) < 4.78 is 2.10. The number of benzene rings is 2. The zero-order chi connectivity index (χ0) is 15.1. The smallest absolute Gasteiger partial charge is 0.339 e. The first-order valence-electron chi connectivity index (χ1n) is 6.40. The van der Waals surface area contributed by atoms with Gasteiger partial charge in [-0.15, -0.1) is 11.3 Å². The van der Waals surface area contributed by atoms with Crippen LogP contribution in [0.5, 0.6) is 5.75 Å². The molecule has 3 aromatic rings. The SMILES string of the molecule is CC(c1cc2sc3ccccc3c2cc1O)N(O)C(N)=O. The van der Waals surface area contributed by atoms with Crippen LogP contribution in [0.3, 0.4) is 0 Å². The van der Waals surface area contributed by atoms with Crippen LogP contribution in [0.15, 0.2) is 36.4 Å². The van der Waals surface area contributed by atoms with E-state index in [1.807, 2.05) is 24.3 Å². The number of carbonyl (C=O) groups excluding carboxylic acids is 1. The number of nitrogens with two attached hydrogens (primary N) is 1. The molecular weight excluding hydrogens is 288 g/mol. The van der Waals surface area contributed by atoms with E-state index in [4.69, 9.17) is 5.73 Å². The van der Waals surface area contributed by atoms with E-state index in [-0.39, 0.29) is 5.75 Å². The van der Waals surface area contributed by atoms with Gasteiger partial charge in [-0.2, -0.15) is 5.06 Å². The third-order valence-electron chi connectivity index (χ3n) is 3.57. The molecule has 1 heterocycles. The lowest BCUT2D eigenvalue weighted by atomic mass is 10.0. The molecule has 5 nitrogen and oxygen atoms in total. The second-order valence-corrected chi connectivity index (χ2v) is 5.95. The fourth-order valence-corrected chi connectivity index (χ4v) is 3.57. The van der Waals surface area contributed by atoms with Crippen molar-refractivity contribution in [2.75, 3.05) is 0 Å². The third kappa shape index (κ3) is 2.18. The largest absolute Gasteiger partial charge is 0.508 e. The molecule has 0 fully saturated rings. The van der Waals surface area contributed by atoms with E-state index in [0.29, 0.717) is 10.6 Å². The zero-order valence-corrected chi connectivity index (χ0v) is 12.1. The van der Waals surface area contributed by atoms with Crippen molar-refractivity contribution in [2.45, 2.75) is 13.0 Å². The van der Waals surface area contributed by atoms with Gasteiger partial charge in [0.25, 0.3) is 0 Å². The van der Waals surface area contributed by atoms with Gasteiger partial charge in [0.15, 0.2) is 0 Å². The molecule has 0 radical (unpaired) electrons. The topological polar surface area (TPSA) is 86.8 Å². The molecule has 6 heteroatoms. The maximum absolute atomic E-state index is 11.0. The van der Waals surface area contributed by atoms with Gasteiger partial charge in [0.2, 0.25) is 0 Å². The van der Waals surface area contributed by atoms with Gasteiger partial charge in [0.05, 0.1) is 6.04 Å². The van der Waals surface area contributed by atoms with E-state index in [2.05, 4.69) is 0 Å². The van der Waals surface area contributed by atoms with Gasteiger partial charge in [0, 0.05) is 25.7 Å². The first-order valence-corrected chi connectivity index (χ1v) is 7.22. The van der Waals surface area contributed by atoms with Crippen molar-refractivity contribution in [2.24, 2.45) is 5.73 Å². The van der Waals surface area contributed by atoms with Crippen LogP contribution in [0.25, 0.3) is 20.2 Å². The predicted molar refractivity (Wildman–Crippen MR) is 82.6 cm³/mol. The van der Waals surface area contributed by atoms with Crippen LogP contribution < -0.4 is 5.73 Å². The number of nitrogens with zero attached hydrogens (tertiary/aromatic N) is 1. The average Bonchev–Trinajstić information content (AvgIpc) is 2.82. The number of hydrogen-bond donors (Lipinski definition) is 3. The van der Waals surface area contributed by atoms with Crippen molar-refractivity contribution < 1.29 is 15.1 Å². The van der Waals surface area contributed by atoms with Crippen LogP contribution >= 0.6 is 11.3 Å². The quantitative estimate of drug-likeness (QED) is 0.499. The van der Waals surface area contributed by atoms with Crippen LogP contribution in [-0.2, 0) is 0 Å². The molecule has 1 unspecified atom stereocenters. The number of hydrogen-bond acceptors (Lipinski definition) is 4. The molecule has 2 amide bonds. The molecule has 2 aromatic carbocycles. The first kappa shape index (κ1) is 13.7. The number of amides is 2. The van der Waals surface area contributed by atoms with Crippen molar-refractivity contribution in [1.82, 2.24) is 5.06 Å². The molecule has 0 saturated heterocycles. The Morgan fingerprint density at radius 3 is 2.67 bits per heavy atom. The van der Waals surface area contributed by atoms with Crippen LogP contribution in [0, 0.1) is 0 Å². The number of carbonyl (C=O) groups is 1. The van der Waals surface area contributed by atoms with Gasteiger partial charge in [-0.25, -0.2) is 4.79 Å². The molecule has 21 heavy (non-hydrogen) atoms. The van der Waals surface area contributed by atoms with Gasteiger partial charge < -0.3 is 10.8 Å². The molecule has 0 spiro atoms. The minimum absolute atomic E-state index is 0.0267. The molecule has 0 aliphatic carbocycles. The van der Waals surface area contributed by atoms with Gasteiger partial charge in [-0.1, -0.05) is 18.2 Å². The Hall–Kier alpha value is -2.31.